The zero-order valence-electron chi connectivity index (χ0n) is 12.2. The van der Waals surface area contributed by atoms with Crippen LogP contribution >= 0.6 is 15.9 Å². The van der Waals surface area contributed by atoms with E-state index in [9.17, 15) is 4.39 Å². The molecule has 22 heavy (non-hydrogen) atoms. The Kier molecular flexibility index (Phi) is 5.77. The number of oxime groups is 1. The van der Waals surface area contributed by atoms with E-state index in [0.717, 1.165) is 0 Å². The SMILES string of the molecule is COc1ccc(OC)c(/C=N\OCc2ccc(Br)cc2F)c1. The van der Waals surface area contributed by atoms with E-state index in [1.807, 2.05) is 0 Å². The molecule has 0 aliphatic carbocycles. The van der Waals surface area contributed by atoms with Crippen molar-refractivity contribution in [3.63, 3.8) is 0 Å². The van der Waals surface area contributed by atoms with Crippen LogP contribution in [0.3, 0.4) is 0 Å². The van der Waals surface area contributed by atoms with E-state index in [0.29, 0.717) is 27.1 Å². The number of halogens is 2. The van der Waals surface area contributed by atoms with Crippen LogP contribution in [0.4, 0.5) is 4.39 Å². The molecular weight excluding hydrogens is 353 g/mol. The Hall–Kier alpha value is -2.08. The molecule has 0 fully saturated rings. The van der Waals surface area contributed by atoms with Gasteiger partial charge in [0.2, 0.25) is 0 Å². The fourth-order valence-corrected chi connectivity index (χ4v) is 2.11. The summed E-state index contributed by atoms with van der Waals surface area (Å²) in [6, 6.07) is 10.1. The van der Waals surface area contributed by atoms with Gasteiger partial charge in [0.15, 0.2) is 0 Å². The molecule has 0 spiro atoms. The van der Waals surface area contributed by atoms with E-state index in [-0.39, 0.29) is 12.4 Å². The highest BCUT2D eigenvalue weighted by atomic mass is 79.9. The first kappa shape index (κ1) is 16.3. The first-order valence-corrected chi connectivity index (χ1v) is 7.24. The van der Waals surface area contributed by atoms with Gasteiger partial charge in [-0.25, -0.2) is 4.39 Å². The maximum absolute atomic E-state index is 13.6. The van der Waals surface area contributed by atoms with Crippen molar-refractivity contribution in [3.8, 4) is 11.5 Å². The highest BCUT2D eigenvalue weighted by molar-refractivity contribution is 9.10. The van der Waals surface area contributed by atoms with Crippen LogP contribution in [0.15, 0.2) is 46.0 Å². The Morgan fingerprint density at radius 2 is 1.95 bits per heavy atom. The largest absolute Gasteiger partial charge is 0.497 e. The molecule has 0 N–H and O–H groups in total. The molecule has 4 nitrogen and oxygen atoms in total. The first-order chi connectivity index (χ1) is 10.6. The second kappa shape index (κ2) is 7.79. The average molecular weight is 368 g/mol. The molecule has 2 rings (SSSR count). The van der Waals surface area contributed by atoms with Gasteiger partial charge < -0.3 is 14.3 Å². The Labute approximate surface area is 136 Å². The lowest BCUT2D eigenvalue weighted by Gasteiger charge is -2.07. The predicted molar refractivity (Wildman–Crippen MR) is 86.0 cm³/mol. The van der Waals surface area contributed by atoms with E-state index < -0.39 is 0 Å². The molecule has 2 aromatic rings. The van der Waals surface area contributed by atoms with Gasteiger partial charge in [0.05, 0.1) is 20.4 Å². The van der Waals surface area contributed by atoms with Crippen LogP contribution in [0.25, 0.3) is 0 Å². The first-order valence-electron chi connectivity index (χ1n) is 6.45. The minimum Gasteiger partial charge on any atom is -0.497 e. The van der Waals surface area contributed by atoms with Gasteiger partial charge in [-0.2, -0.15) is 0 Å². The summed E-state index contributed by atoms with van der Waals surface area (Å²) >= 11 is 3.20. The number of benzene rings is 2. The third-order valence-corrected chi connectivity index (χ3v) is 3.43. The van der Waals surface area contributed by atoms with Crippen molar-refractivity contribution >= 4 is 22.1 Å². The molecule has 0 unspecified atom stereocenters. The molecule has 2 aromatic carbocycles. The quantitative estimate of drug-likeness (QED) is 0.568. The lowest BCUT2D eigenvalue weighted by atomic mass is 10.2. The van der Waals surface area contributed by atoms with Crippen LogP contribution < -0.4 is 9.47 Å². The standard InChI is InChI=1S/C16H15BrFNO3/c1-20-14-5-6-16(21-2)12(7-14)9-19-22-10-11-3-4-13(17)8-15(11)18/h3-9H,10H2,1-2H3/b19-9-. The number of nitrogens with zero attached hydrogens (tertiary/aromatic N) is 1. The Morgan fingerprint density at radius 1 is 1.14 bits per heavy atom. The molecule has 0 bridgehead atoms. The minimum absolute atomic E-state index is 0.0435. The van der Waals surface area contributed by atoms with Crippen LogP contribution in [0.2, 0.25) is 0 Å². The smallest absolute Gasteiger partial charge is 0.145 e. The molecule has 0 aliphatic rings. The summed E-state index contributed by atoms with van der Waals surface area (Å²) in [5.74, 6) is 0.979. The molecule has 0 aliphatic heterocycles. The molecule has 0 aromatic heterocycles. The lowest BCUT2D eigenvalue weighted by Crippen LogP contribution is -1.95. The van der Waals surface area contributed by atoms with Crippen molar-refractivity contribution in [1.82, 2.24) is 0 Å². The predicted octanol–water partition coefficient (Wildman–Crippen LogP) is 4.16. The van der Waals surface area contributed by atoms with Crippen LogP contribution in [0, 0.1) is 5.82 Å². The summed E-state index contributed by atoms with van der Waals surface area (Å²) in [6.07, 6.45) is 1.50. The van der Waals surface area contributed by atoms with Gasteiger partial charge in [0, 0.05) is 15.6 Å². The molecule has 0 heterocycles. The monoisotopic (exact) mass is 367 g/mol. The molecule has 6 heteroatoms. The molecule has 0 saturated heterocycles. The van der Waals surface area contributed by atoms with E-state index in [1.165, 1.54) is 12.3 Å². The number of rotatable bonds is 6. The number of ether oxygens (including phenoxy) is 2. The van der Waals surface area contributed by atoms with Gasteiger partial charge in [-0.05, 0) is 30.3 Å². The maximum atomic E-state index is 13.6. The highest BCUT2D eigenvalue weighted by Gasteiger charge is 2.04. The molecule has 0 amide bonds. The summed E-state index contributed by atoms with van der Waals surface area (Å²) in [6.45, 7) is 0.0435. The van der Waals surface area contributed by atoms with Gasteiger partial charge in [0.1, 0.15) is 23.9 Å². The fraction of sp³-hybridized carbons (Fsp3) is 0.188. The second-order valence-electron chi connectivity index (χ2n) is 4.35. The topological polar surface area (TPSA) is 40.0 Å². The lowest BCUT2D eigenvalue weighted by molar-refractivity contribution is 0.129. The number of hydrogen-bond acceptors (Lipinski definition) is 4. The summed E-state index contributed by atoms with van der Waals surface area (Å²) in [4.78, 5) is 5.14. The van der Waals surface area contributed by atoms with Gasteiger partial charge in [-0.15, -0.1) is 0 Å². The van der Waals surface area contributed by atoms with Gasteiger partial charge in [-0.3, -0.25) is 0 Å². The van der Waals surface area contributed by atoms with Gasteiger partial charge in [0.25, 0.3) is 0 Å². The molecule has 0 saturated carbocycles. The van der Waals surface area contributed by atoms with Crippen LogP contribution in [-0.2, 0) is 11.4 Å². The van der Waals surface area contributed by atoms with Gasteiger partial charge in [-0.1, -0.05) is 27.2 Å². The van der Waals surface area contributed by atoms with E-state index in [4.69, 9.17) is 14.3 Å². The third-order valence-electron chi connectivity index (χ3n) is 2.94. The van der Waals surface area contributed by atoms with E-state index >= 15 is 0 Å². The zero-order valence-corrected chi connectivity index (χ0v) is 13.8. The molecule has 116 valence electrons. The second-order valence-corrected chi connectivity index (χ2v) is 5.27. The van der Waals surface area contributed by atoms with E-state index in [2.05, 4.69) is 21.1 Å². The van der Waals surface area contributed by atoms with Gasteiger partial charge >= 0.3 is 0 Å². The van der Waals surface area contributed by atoms with Crippen molar-refractivity contribution in [3.05, 3.63) is 57.8 Å². The summed E-state index contributed by atoms with van der Waals surface area (Å²) < 4.78 is 24.7. The number of methoxy groups -OCH3 is 2. The Balaban J connectivity index is 2.03. The third kappa shape index (κ3) is 4.21. The molecule has 0 atom stereocenters. The maximum Gasteiger partial charge on any atom is 0.145 e. The van der Waals surface area contributed by atoms with Crippen molar-refractivity contribution < 1.29 is 18.7 Å². The van der Waals surface area contributed by atoms with Crippen molar-refractivity contribution in [2.75, 3.05) is 14.2 Å². The summed E-state index contributed by atoms with van der Waals surface area (Å²) in [5.41, 5.74) is 1.14. The van der Waals surface area contributed by atoms with Crippen molar-refractivity contribution in [2.24, 2.45) is 5.16 Å². The zero-order chi connectivity index (χ0) is 15.9. The fourth-order valence-electron chi connectivity index (χ4n) is 1.78. The summed E-state index contributed by atoms with van der Waals surface area (Å²) in [7, 11) is 3.15. The van der Waals surface area contributed by atoms with Crippen molar-refractivity contribution in [2.45, 2.75) is 6.61 Å². The van der Waals surface area contributed by atoms with E-state index in [1.54, 1.807) is 44.6 Å². The normalized spacial score (nSPS) is 10.7. The average Bonchev–Trinajstić information content (AvgIpc) is 2.53. The van der Waals surface area contributed by atoms with Crippen molar-refractivity contribution in [1.29, 1.82) is 0 Å². The molecule has 0 radical (unpaired) electrons. The van der Waals surface area contributed by atoms with Crippen LogP contribution in [0.1, 0.15) is 11.1 Å². The van der Waals surface area contributed by atoms with Crippen LogP contribution in [-0.4, -0.2) is 20.4 Å². The number of hydrogen-bond donors (Lipinski definition) is 0. The highest BCUT2D eigenvalue weighted by Crippen LogP contribution is 2.22. The minimum atomic E-state index is -0.344. The Morgan fingerprint density at radius 3 is 2.64 bits per heavy atom. The molecular formula is C16H15BrFNO3. The summed E-state index contributed by atoms with van der Waals surface area (Å²) in [5, 5.41) is 3.85. The Bertz CT molecular complexity index is 676. The van der Waals surface area contributed by atoms with Crippen LogP contribution in [0.5, 0.6) is 11.5 Å².